The standard InChI is InChI=1S/C20H32N2O4/c1-3-4-13-26-19-7-5-18(6-8-19)21-20(23)22-11-9-17(10-12-22)16-25-15-14-24-2/h5-8,17H,3-4,9-16H2,1-2H3,(H,21,23). The van der Waals surface area contributed by atoms with Crippen LogP contribution in [0.3, 0.4) is 0 Å². The van der Waals surface area contributed by atoms with Gasteiger partial charge in [-0.2, -0.15) is 0 Å². The van der Waals surface area contributed by atoms with Crippen LogP contribution in [0.5, 0.6) is 5.75 Å². The van der Waals surface area contributed by atoms with Crippen molar-refractivity contribution in [2.24, 2.45) is 5.92 Å². The van der Waals surface area contributed by atoms with Gasteiger partial charge in [0.15, 0.2) is 0 Å². The predicted octanol–water partition coefficient (Wildman–Crippen LogP) is 3.77. The second kappa shape index (κ2) is 11.8. The number of carbonyl (C=O) groups excluding carboxylic acids is 1. The molecule has 0 bridgehead atoms. The maximum absolute atomic E-state index is 12.4. The van der Waals surface area contributed by atoms with Gasteiger partial charge in [0.2, 0.25) is 0 Å². The number of methoxy groups -OCH3 is 1. The van der Waals surface area contributed by atoms with Crippen LogP contribution in [0.2, 0.25) is 0 Å². The number of urea groups is 1. The van der Waals surface area contributed by atoms with E-state index in [1.54, 1.807) is 7.11 Å². The highest BCUT2D eigenvalue weighted by Gasteiger charge is 2.22. The van der Waals surface area contributed by atoms with Crippen LogP contribution in [0.15, 0.2) is 24.3 Å². The molecule has 1 saturated heterocycles. The van der Waals surface area contributed by atoms with Crippen LogP contribution in [0, 0.1) is 5.92 Å². The summed E-state index contributed by atoms with van der Waals surface area (Å²) >= 11 is 0. The number of piperidine rings is 1. The minimum Gasteiger partial charge on any atom is -0.494 e. The molecule has 6 heteroatoms. The fourth-order valence-corrected chi connectivity index (χ4v) is 2.87. The number of unbranched alkanes of at least 4 members (excludes halogenated alkanes) is 1. The molecule has 0 unspecified atom stereocenters. The average Bonchev–Trinajstić information content (AvgIpc) is 2.67. The third-order valence-corrected chi connectivity index (χ3v) is 4.56. The van der Waals surface area contributed by atoms with Gasteiger partial charge in [-0.05, 0) is 49.4 Å². The molecule has 6 nitrogen and oxygen atoms in total. The van der Waals surface area contributed by atoms with Gasteiger partial charge in [0.1, 0.15) is 5.75 Å². The molecule has 0 spiro atoms. The molecule has 1 aliphatic rings. The zero-order chi connectivity index (χ0) is 18.6. The Hall–Kier alpha value is -1.79. The lowest BCUT2D eigenvalue weighted by atomic mass is 9.98. The predicted molar refractivity (Wildman–Crippen MR) is 103 cm³/mol. The van der Waals surface area contributed by atoms with Gasteiger partial charge in [-0.25, -0.2) is 4.79 Å². The highest BCUT2D eigenvalue weighted by Crippen LogP contribution is 2.20. The van der Waals surface area contributed by atoms with Crippen LogP contribution in [0.4, 0.5) is 10.5 Å². The number of amides is 2. The number of likely N-dealkylation sites (tertiary alicyclic amines) is 1. The normalized spacial score (nSPS) is 15.1. The number of carbonyl (C=O) groups is 1. The molecule has 1 aromatic rings. The Kier molecular flexibility index (Phi) is 9.28. The van der Waals surface area contributed by atoms with Crippen LogP contribution < -0.4 is 10.1 Å². The Morgan fingerprint density at radius 1 is 1.15 bits per heavy atom. The first-order valence-electron chi connectivity index (χ1n) is 9.58. The van der Waals surface area contributed by atoms with Crippen molar-refractivity contribution >= 4 is 11.7 Å². The molecule has 2 rings (SSSR count). The molecule has 146 valence electrons. The largest absolute Gasteiger partial charge is 0.494 e. The van der Waals surface area contributed by atoms with Crippen molar-refractivity contribution in [3.63, 3.8) is 0 Å². The summed E-state index contributed by atoms with van der Waals surface area (Å²) < 4.78 is 16.2. The van der Waals surface area contributed by atoms with Gasteiger partial charge in [0.05, 0.1) is 19.8 Å². The second-order valence-corrected chi connectivity index (χ2v) is 6.65. The lowest BCUT2D eigenvalue weighted by Gasteiger charge is -2.31. The smallest absolute Gasteiger partial charge is 0.321 e. The van der Waals surface area contributed by atoms with Crippen molar-refractivity contribution in [1.29, 1.82) is 0 Å². The summed E-state index contributed by atoms with van der Waals surface area (Å²) in [5.41, 5.74) is 0.794. The van der Waals surface area contributed by atoms with E-state index in [9.17, 15) is 4.79 Å². The molecule has 2 amide bonds. The summed E-state index contributed by atoms with van der Waals surface area (Å²) in [6.07, 6.45) is 4.12. The fourth-order valence-electron chi connectivity index (χ4n) is 2.87. The Morgan fingerprint density at radius 3 is 2.54 bits per heavy atom. The van der Waals surface area contributed by atoms with Crippen LogP contribution >= 0.6 is 0 Å². The van der Waals surface area contributed by atoms with E-state index in [1.807, 2.05) is 29.2 Å². The van der Waals surface area contributed by atoms with E-state index in [2.05, 4.69) is 12.2 Å². The minimum atomic E-state index is -0.0385. The van der Waals surface area contributed by atoms with E-state index >= 15 is 0 Å². The molecule has 1 N–H and O–H groups in total. The third kappa shape index (κ3) is 7.22. The molecule has 0 atom stereocenters. The summed E-state index contributed by atoms with van der Waals surface area (Å²) in [6, 6.07) is 7.53. The highest BCUT2D eigenvalue weighted by atomic mass is 16.5. The van der Waals surface area contributed by atoms with E-state index < -0.39 is 0 Å². The zero-order valence-corrected chi connectivity index (χ0v) is 16.0. The van der Waals surface area contributed by atoms with Gasteiger partial charge < -0.3 is 24.4 Å². The van der Waals surface area contributed by atoms with Crippen LogP contribution in [-0.4, -0.2) is 57.6 Å². The first kappa shape index (κ1) is 20.5. The number of benzene rings is 1. The van der Waals surface area contributed by atoms with Crippen molar-refractivity contribution < 1.29 is 19.0 Å². The van der Waals surface area contributed by atoms with Crippen molar-refractivity contribution in [3.8, 4) is 5.75 Å². The number of ether oxygens (including phenoxy) is 3. The van der Waals surface area contributed by atoms with Crippen molar-refractivity contribution in [2.75, 3.05) is 51.9 Å². The molecule has 1 fully saturated rings. The number of rotatable bonds is 10. The van der Waals surface area contributed by atoms with E-state index in [0.29, 0.717) is 19.1 Å². The molecule has 0 radical (unpaired) electrons. The van der Waals surface area contributed by atoms with Crippen molar-refractivity contribution in [3.05, 3.63) is 24.3 Å². The lowest BCUT2D eigenvalue weighted by molar-refractivity contribution is 0.0386. The SMILES string of the molecule is CCCCOc1ccc(NC(=O)N2CCC(COCCOC)CC2)cc1. The first-order valence-corrected chi connectivity index (χ1v) is 9.58. The lowest BCUT2D eigenvalue weighted by Crippen LogP contribution is -2.41. The van der Waals surface area contributed by atoms with Crippen LogP contribution in [0.1, 0.15) is 32.6 Å². The molecule has 1 aliphatic heterocycles. The Balaban J connectivity index is 1.68. The maximum atomic E-state index is 12.4. The molecule has 26 heavy (non-hydrogen) atoms. The van der Waals surface area contributed by atoms with Gasteiger partial charge in [0, 0.05) is 32.5 Å². The number of hydrogen-bond donors (Lipinski definition) is 1. The fraction of sp³-hybridized carbons (Fsp3) is 0.650. The number of nitrogens with zero attached hydrogens (tertiary/aromatic N) is 1. The Labute approximate surface area is 156 Å². The van der Waals surface area contributed by atoms with Gasteiger partial charge in [-0.15, -0.1) is 0 Å². The maximum Gasteiger partial charge on any atom is 0.321 e. The molecule has 1 heterocycles. The minimum absolute atomic E-state index is 0.0385. The molecule has 1 aromatic carbocycles. The van der Waals surface area contributed by atoms with E-state index in [1.165, 1.54) is 0 Å². The summed E-state index contributed by atoms with van der Waals surface area (Å²) in [5.74, 6) is 1.36. The summed E-state index contributed by atoms with van der Waals surface area (Å²) in [4.78, 5) is 14.3. The number of hydrogen-bond acceptors (Lipinski definition) is 4. The quantitative estimate of drug-likeness (QED) is 0.642. The summed E-state index contributed by atoms with van der Waals surface area (Å²) in [6.45, 7) is 6.41. The number of nitrogens with one attached hydrogen (secondary N) is 1. The van der Waals surface area contributed by atoms with Gasteiger partial charge >= 0.3 is 6.03 Å². The highest BCUT2D eigenvalue weighted by molar-refractivity contribution is 5.89. The third-order valence-electron chi connectivity index (χ3n) is 4.56. The van der Waals surface area contributed by atoms with Gasteiger partial charge in [-0.1, -0.05) is 13.3 Å². The molecular formula is C20H32N2O4. The molecule has 0 aromatic heterocycles. The van der Waals surface area contributed by atoms with Crippen LogP contribution in [-0.2, 0) is 9.47 Å². The molecule has 0 aliphatic carbocycles. The average molecular weight is 364 g/mol. The van der Waals surface area contributed by atoms with Gasteiger partial charge in [0.25, 0.3) is 0 Å². The van der Waals surface area contributed by atoms with Crippen molar-refractivity contribution in [2.45, 2.75) is 32.6 Å². The summed E-state index contributed by atoms with van der Waals surface area (Å²) in [5, 5.41) is 2.96. The Bertz CT molecular complexity index is 513. The van der Waals surface area contributed by atoms with E-state index in [0.717, 1.165) is 63.4 Å². The number of anilines is 1. The topological polar surface area (TPSA) is 60.0 Å². The first-order chi connectivity index (χ1) is 12.7. The molecule has 0 saturated carbocycles. The monoisotopic (exact) mass is 364 g/mol. The Morgan fingerprint density at radius 2 is 1.88 bits per heavy atom. The van der Waals surface area contributed by atoms with Crippen molar-refractivity contribution in [1.82, 2.24) is 4.90 Å². The van der Waals surface area contributed by atoms with E-state index in [4.69, 9.17) is 14.2 Å². The van der Waals surface area contributed by atoms with Gasteiger partial charge in [-0.3, -0.25) is 0 Å². The second-order valence-electron chi connectivity index (χ2n) is 6.65. The summed E-state index contributed by atoms with van der Waals surface area (Å²) in [7, 11) is 1.67. The molecular weight excluding hydrogens is 332 g/mol. The zero-order valence-electron chi connectivity index (χ0n) is 16.0. The van der Waals surface area contributed by atoms with E-state index in [-0.39, 0.29) is 6.03 Å². The van der Waals surface area contributed by atoms with Crippen LogP contribution in [0.25, 0.3) is 0 Å².